The lowest BCUT2D eigenvalue weighted by Gasteiger charge is -2.26. The number of fused-ring (bicyclic) bond motifs is 2. The predicted octanol–water partition coefficient (Wildman–Crippen LogP) is 1.85. The third-order valence-electron chi connectivity index (χ3n) is 6.40. The molecule has 2 aliphatic heterocycles. The fraction of sp³-hybridized carbons (Fsp3) is 0.370. The van der Waals surface area contributed by atoms with Crippen molar-refractivity contribution in [3.8, 4) is 5.75 Å². The molecule has 2 aromatic rings. The Labute approximate surface area is 219 Å². The molecule has 0 bridgehead atoms. The molecule has 11 nitrogen and oxygen atoms in total. The Hall–Kier alpha value is -4.25. The number of rotatable bonds is 11. The lowest BCUT2D eigenvalue weighted by molar-refractivity contribution is -0.146. The Balaban J connectivity index is 1.41. The molecular formula is C27H29N3O8. The second-order valence-corrected chi connectivity index (χ2v) is 8.92. The van der Waals surface area contributed by atoms with Gasteiger partial charge in [-0.25, -0.2) is 0 Å². The summed E-state index contributed by atoms with van der Waals surface area (Å²) in [5, 5.41) is 12.4. The number of benzene rings is 2. The molecule has 0 spiro atoms. The maximum absolute atomic E-state index is 13.3. The van der Waals surface area contributed by atoms with Gasteiger partial charge in [-0.2, -0.15) is 0 Å². The van der Waals surface area contributed by atoms with Crippen LogP contribution in [-0.4, -0.2) is 78.1 Å². The molecule has 3 amide bonds. The van der Waals surface area contributed by atoms with Gasteiger partial charge in [0, 0.05) is 6.54 Å². The van der Waals surface area contributed by atoms with E-state index in [9.17, 15) is 29.1 Å². The SMILES string of the molecule is CCOC(=O)[C@H](CCCCN1C(=O)c2ccccc2C1=O)N[C@H]1COc2ccccc2N(CC(=O)O)C1=O. The first kappa shape index (κ1) is 26.8. The van der Waals surface area contributed by atoms with E-state index >= 15 is 0 Å². The molecule has 0 unspecified atom stereocenters. The van der Waals surface area contributed by atoms with Crippen molar-refractivity contribution in [3.63, 3.8) is 0 Å². The van der Waals surface area contributed by atoms with Crippen LogP contribution in [0.15, 0.2) is 48.5 Å². The zero-order valence-corrected chi connectivity index (χ0v) is 20.9. The first-order valence-corrected chi connectivity index (χ1v) is 12.4. The van der Waals surface area contributed by atoms with Crippen LogP contribution in [0.2, 0.25) is 0 Å². The summed E-state index contributed by atoms with van der Waals surface area (Å²) in [7, 11) is 0. The zero-order valence-electron chi connectivity index (χ0n) is 20.9. The van der Waals surface area contributed by atoms with Gasteiger partial charge in [0.25, 0.3) is 11.8 Å². The van der Waals surface area contributed by atoms with Crippen molar-refractivity contribution in [1.82, 2.24) is 10.2 Å². The quantitative estimate of drug-likeness (QED) is 0.256. The van der Waals surface area contributed by atoms with Crippen LogP contribution < -0.4 is 15.0 Å². The average molecular weight is 524 g/mol. The van der Waals surface area contributed by atoms with Crippen LogP contribution in [0, 0.1) is 0 Å². The number of unbranched alkanes of at least 4 members (excludes halogenated alkanes) is 1. The maximum Gasteiger partial charge on any atom is 0.323 e. The number of amides is 3. The maximum atomic E-state index is 13.3. The number of carbonyl (C=O) groups is 5. The molecule has 2 heterocycles. The van der Waals surface area contributed by atoms with E-state index in [0.717, 1.165) is 4.90 Å². The molecule has 4 rings (SSSR count). The Morgan fingerprint density at radius 1 is 1.03 bits per heavy atom. The smallest absolute Gasteiger partial charge is 0.323 e. The third kappa shape index (κ3) is 5.67. The standard InChI is InChI=1S/C27H29N3O8/c1-2-37-27(36)19(11-7-8-14-29-24(33)17-9-3-4-10-18(17)25(29)34)28-20-16-38-22-13-6-5-12-21(22)30(26(20)35)15-23(31)32/h3-6,9-10,12-13,19-20,28H,2,7-8,11,14-16H2,1H3,(H,31,32)/t19-,20-/m0/s1. The van der Waals surface area contributed by atoms with Gasteiger partial charge in [-0.15, -0.1) is 0 Å². The fourth-order valence-corrected chi connectivity index (χ4v) is 4.59. The van der Waals surface area contributed by atoms with Crippen LogP contribution >= 0.6 is 0 Å². The summed E-state index contributed by atoms with van der Waals surface area (Å²) in [6.07, 6.45) is 1.15. The number of carboxylic acid groups (broad SMARTS) is 1. The second kappa shape index (κ2) is 11.9. The number of esters is 1. The summed E-state index contributed by atoms with van der Waals surface area (Å²) < 4.78 is 11.0. The van der Waals surface area contributed by atoms with Crippen LogP contribution in [0.5, 0.6) is 5.75 Å². The molecule has 0 radical (unpaired) electrons. The number of aliphatic carboxylic acids is 1. The highest BCUT2D eigenvalue weighted by Gasteiger charge is 2.36. The summed E-state index contributed by atoms with van der Waals surface area (Å²) in [6, 6.07) is 11.4. The minimum Gasteiger partial charge on any atom is -0.489 e. The molecule has 38 heavy (non-hydrogen) atoms. The number of imide groups is 1. The Morgan fingerprint density at radius 2 is 1.68 bits per heavy atom. The number of carbonyl (C=O) groups excluding carboxylic acids is 4. The molecule has 11 heteroatoms. The number of ether oxygens (including phenoxy) is 2. The van der Waals surface area contributed by atoms with Gasteiger partial charge in [0.1, 0.15) is 31.0 Å². The van der Waals surface area contributed by atoms with Crippen molar-refractivity contribution < 1.29 is 38.6 Å². The Kier molecular flexibility index (Phi) is 8.37. The van der Waals surface area contributed by atoms with E-state index in [-0.39, 0.29) is 38.0 Å². The predicted molar refractivity (Wildman–Crippen MR) is 135 cm³/mol. The third-order valence-corrected chi connectivity index (χ3v) is 6.40. The number of carboxylic acids is 1. The van der Waals surface area contributed by atoms with E-state index in [1.807, 2.05) is 0 Å². The van der Waals surface area contributed by atoms with Crippen molar-refractivity contribution in [3.05, 3.63) is 59.7 Å². The lowest BCUT2D eigenvalue weighted by Crippen LogP contribution is -2.54. The van der Waals surface area contributed by atoms with Gasteiger partial charge < -0.3 is 14.6 Å². The van der Waals surface area contributed by atoms with Crippen molar-refractivity contribution in [2.45, 2.75) is 38.3 Å². The van der Waals surface area contributed by atoms with E-state index in [1.165, 1.54) is 4.90 Å². The molecule has 2 atom stereocenters. The highest BCUT2D eigenvalue weighted by atomic mass is 16.5. The molecule has 2 N–H and O–H groups in total. The molecular weight excluding hydrogens is 494 g/mol. The minimum absolute atomic E-state index is 0.114. The monoisotopic (exact) mass is 523 g/mol. The molecule has 0 fully saturated rings. The van der Waals surface area contributed by atoms with Crippen molar-refractivity contribution in [2.24, 2.45) is 0 Å². The summed E-state index contributed by atoms with van der Waals surface area (Å²) in [5.41, 5.74) is 1.09. The zero-order chi connectivity index (χ0) is 27.2. The largest absolute Gasteiger partial charge is 0.489 e. The lowest BCUT2D eigenvalue weighted by atomic mass is 10.1. The van der Waals surface area contributed by atoms with E-state index in [2.05, 4.69) is 5.32 Å². The van der Waals surface area contributed by atoms with E-state index in [4.69, 9.17) is 9.47 Å². The first-order chi connectivity index (χ1) is 18.3. The molecule has 0 aromatic heterocycles. The topological polar surface area (TPSA) is 143 Å². The van der Waals surface area contributed by atoms with Gasteiger partial charge >= 0.3 is 11.9 Å². The van der Waals surface area contributed by atoms with Gasteiger partial charge in [-0.05, 0) is 50.5 Å². The Bertz CT molecular complexity index is 1210. The van der Waals surface area contributed by atoms with Gasteiger partial charge in [-0.3, -0.25) is 39.1 Å². The molecule has 2 aromatic carbocycles. The highest BCUT2D eigenvalue weighted by Crippen LogP contribution is 2.31. The molecule has 0 saturated heterocycles. The van der Waals surface area contributed by atoms with Crippen LogP contribution in [-0.2, 0) is 19.1 Å². The highest BCUT2D eigenvalue weighted by molar-refractivity contribution is 6.21. The van der Waals surface area contributed by atoms with Crippen LogP contribution in [0.3, 0.4) is 0 Å². The van der Waals surface area contributed by atoms with Crippen molar-refractivity contribution in [1.29, 1.82) is 0 Å². The number of hydrogen-bond donors (Lipinski definition) is 2. The average Bonchev–Trinajstić information content (AvgIpc) is 3.07. The van der Waals surface area contributed by atoms with Gasteiger partial charge in [0.15, 0.2) is 0 Å². The van der Waals surface area contributed by atoms with Crippen molar-refractivity contribution >= 4 is 35.3 Å². The number of para-hydroxylation sites is 2. The minimum atomic E-state index is -1.19. The molecule has 2 aliphatic rings. The number of nitrogens with zero attached hydrogens (tertiary/aromatic N) is 2. The molecule has 0 saturated carbocycles. The van der Waals surface area contributed by atoms with Gasteiger partial charge in [-0.1, -0.05) is 24.3 Å². The first-order valence-electron chi connectivity index (χ1n) is 12.4. The summed E-state index contributed by atoms with van der Waals surface area (Å²) in [5.74, 6) is -2.62. The van der Waals surface area contributed by atoms with Gasteiger partial charge in [0.05, 0.1) is 23.4 Å². The van der Waals surface area contributed by atoms with E-state index in [0.29, 0.717) is 35.4 Å². The molecule has 200 valence electrons. The Morgan fingerprint density at radius 3 is 2.34 bits per heavy atom. The fourth-order valence-electron chi connectivity index (χ4n) is 4.59. The van der Waals surface area contributed by atoms with Crippen molar-refractivity contribution in [2.75, 3.05) is 31.2 Å². The van der Waals surface area contributed by atoms with Crippen LogP contribution in [0.25, 0.3) is 0 Å². The summed E-state index contributed by atoms with van der Waals surface area (Å²) in [4.78, 5) is 65.0. The van der Waals surface area contributed by atoms with Crippen LogP contribution in [0.1, 0.15) is 46.9 Å². The van der Waals surface area contributed by atoms with E-state index < -0.39 is 36.5 Å². The number of anilines is 1. The number of hydrogen-bond acceptors (Lipinski definition) is 8. The summed E-state index contributed by atoms with van der Waals surface area (Å²) >= 11 is 0. The van der Waals surface area contributed by atoms with Gasteiger partial charge in [0.2, 0.25) is 5.91 Å². The van der Waals surface area contributed by atoms with Crippen LogP contribution in [0.4, 0.5) is 5.69 Å². The van der Waals surface area contributed by atoms with E-state index in [1.54, 1.807) is 55.5 Å². The normalized spacial score (nSPS) is 17.4. The molecule has 0 aliphatic carbocycles. The number of nitrogens with one attached hydrogen (secondary N) is 1. The summed E-state index contributed by atoms with van der Waals surface area (Å²) in [6.45, 7) is 1.31. The second-order valence-electron chi connectivity index (χ2n) is 8.92.